The Bertz CT molecular complexity index is 1820. The number of thiazole rings is 1. The number of hydrogen-bond donors (Lipinski definition) is 3. The molecular weight excluding hydrogens is 891 g/mol. The molecule has 0 amide bonds. The molecule has 0 atom stereocenters. The maximum absolute atomic E-state index is 16.1. The van der Waals surface area contributed by atoms with E-state index in [1.54, 1.807) is 24.6 Å². The van der Waals surface area contributed by atoms with Crippen LogP contribution < -0.4 is 15.4 Å². The molecule has 0 unspecified atom stereocenters. The van der Waals surface area contributed by atoms with Gasteiger partial charge in [-0.25, -0.2) is 32.2 Å². The summed E-state index contributed by atoms with van der Waals surface area (Å²) in [4.78, 5) is 12.5. The van der Waals surface area contributed by atoms with Crippen LogP contribution in [0, 0.1) is 19.1 Å². The Kier molecular flexibility index (Phi) is 17.3. The van der Waals surface area contributed by atoms with Gasteiger partial charge in [-0.15, -0.1) is 17.9 Å². The molecule has 0 saturated carbocycles. The Morgan fingerprint density at radius 2 is 1.76 bits per heavy atom. The fourth-order valence-electron chi connectivity index (χ4n) is 4.92. The second kappa shape index (κ2) is 20.1. The normalized spacial score (nSPS) is 13.1. The first-order valence-corrected chi connectivity index (χ1v) is 19.0. The molecule has 18 heteroatoms. The quantitative estimate of drug-likeness (QED) is 0.0461. The van der Waals surface area contributed by atoms with Crippen molar-refractivity contribution < 1.29 is 53.5 Å². The molecule has 1 aliphatic heterocycles. The number of allylic oxidation sites excluding steroid dienone is 1. The summed E-state index contributed by atoms with van der Waals surface area (Å²) in [5.74, 6) is -2.34. The number of piperidine rings is 1. The summed E-state index contributed by atoms with van der Waals surface area (Å²) < 4.78 is 108. The molecule has 1 fully saturated rings. The standard InChI is InChI=1S/C30H29F5N6O2S2.CH4S.CH3.O.W/c1-2-3-4-11-24-40-26(27(44-24)23-14-17-37-29(39-23)38-18-12-15-36-16-13-18)19-7-5-10-22(25(19)32)41-45(42,43)28-20(30(33,34)35)8-6-9-21(28)31;1-2;;;/h2,5-10,14,17-18,36,41H,1,3-4,11-13,15-16H2,(H,37,38,39);2H,1H3;1H3;;/q;;-1;;/p-1. The van der Waals surface area contributed by atoms with Crippen molar-refractivity contribution in [3.63, 3.8) is 0 Å². The molecule has 1 saturated heterocycles. The van der Waals surface area contributed by atoms with Crippen molar-refractivity contribution in [3.05, 3.63) is 90.9 Å². The number of halogens is 5. The number of alkyl halides is 3. The van der Waals surface area contributed by atoms with Gasteiger partial charge < -0.3 is 30.7 Å². The number of hydrogen-bond acceptors (Lipinski definition) is 10. The summed E-state index contributed by atoms with van der Waals surface area (Å²) in [6.45, 7) is 5.45. The van der Waals surface area contributed by atoms with E-state index in [0.29, 0.717) is 59.9 Å². The van der Waals surface area contributed by atoms with Crippen molar-refractivity contribution in [3.8, 4) is 21.8 Å². The Labute approximate surface area is 309 Å². The zero-order chi connectivity index (χ0) is 36.2. The number of nitrogens with one attached hydrogen (secondary N) is 3. The fourth-order valence-corrected chi connectivity index (χ4v) is 7.36. The van der Waals surface area contributed by atoms with Crippen LogP contribution in [0.25, 0.3) is 21.8 Å². The van der Waals surface area contributed by atoms with Gasteiger partial charge in [-0.05, 0) is 75.5 Å². The predicted molar refractivity (Wildman–Crippen MR) is 184 cm³/mol. The van der Waals surface area contributed by atoms with Crippen molar-refractivity contribution in [1.82, 2.24) is 20.3 Å². The Morgan fingerprint density at radius 3 is 2.42 bits per heavy atom. The van der Waals surface area contributed by atoms with E-state index in [9.17, 15) is 26.0 Å². The topological polar surface area (TPSA) is 126 Å². The van der Waals surface area contributed by atoms with Gasteiger partial charge in [-0.3, -0.25) is 4.72 Å². The molecule has 0 spiro atoms. The average molecular weight is 927 g/mol. The molecule has 0 radical (unpaired) electrons. The van der Waals surface area contributed by atoms with Gasteiger partial charge >= 0.3 is 29.4 Å². The molecule has 1 aliphatic rings. The van der Waals surface area contributed by atoms with Crippen LogP contribution in [-0.2, 0) is 58.4 Å². The number of benzene rings is 2. The molecule has 272 valence electrons. The van der Waals surface area contributed by atoms with Crippen molar-refractivity contribution >= 4 is 45.6 Å². The number of aromatic nitrogens is 3. The zero-order valence-corrected chi connectivity index (χ0v) is 32.4. The van der Waals surface area contributed by atoms with E-state index in [1.807, 2.05) is 4.72 Å². The van der Waals surface area contributed by atoms with Crippen LogP contribution in [0.5, 0.6) is 0 Å². The molecule has 9 nitrogen and oxygen atoms in total. The third-order valence-corrected chi connectivity index (χ3v) is 9.65. The molecule has 3 N–H and O–H groups in total. The number of rotatable bonds is 11. The van der Waals surface area contributed by atoms with Gasteiger partial charge in [-0.1, -0.05) is 18.2 Å². The molecule has 2 aromatic heterocycles. The van der Waals surface area contributed by atoms with Crippen molar-refractivity contribution in [2.45, 2.75) is 49.2 Å². The van der Waals surface area contributed by atoms with E-state index in [1.165, 1.54) is 23.5 Å². The molecule has 5 rings (SSSR count). The number of unbranched alkanes of at least 4 members (excludes halogenated alkanes) is 1. The SMILES string of the molecule is C=CCCCc1nc(-c2cccc(NS(=O)(=O)c3c(F)cccc3C(F)(F)F)c2F)c(-c2ccnc(NC3CCNCC3)n2)s1.C[S-].[CH3-].[O]=[W]. The summed E-state index contributed by atoms with van der Waals surface area (Å²) >= 11 is 5.71. The average Bonchev–Trinajstić information content (AvgIpc) is 3.51. The number of anilines is 2. The van der Waals surface area contributed by atoms with Crippen molar-refractivity contribution in [1.29, 1.82) is 0 Å². The van der Waals surface area contributed by atoms with Gasteiger partial charge in [0.1, 0.15) is 10.7 Å². The van der Waals surface area contributed by atoms with E-state index in [-0.39, 0.29) is 24.7 Å². The van der Waals surface area contributed by atoms with Gasteiger partial charge in [-0.2, -0.15) is 19.4 Å². The summed E-state index contributed by atoms with van der Waals surface area (Å²) in [6, 6.07) is 7.33. The Balaban J connectivity index is 0.00000167. The summed E-state index contributed by atoms with van der Waals surface area (Å²) in [5, 5.41) is 7.29. The Hall–Kier alpha value is -3.11. The van der Waals surface area contributed by atoms with Gasteiger partial charge in [0.25, 0.3) is 10.0 Å². The van der Waals surface area contributed by atoms with E-state index in [0.717, 1.165) is 50.9 Å². The first-order valence-electron chi connectivity index (χ1n) is 14.6. The fraction of sp³-hybridized carbons (Fsp3) is 0.312. The Morgan fingerprint density at radius 1 is 1.08 bits per heavy atom. The molecule has 3 heterocycles. The molecule has 0 bridgehead atoms. The third kappa shape index (κ3) is 10.9. The number of aryl methyl sites for hydroxylation is 1. The minimum absolute atomic E-state index is 0. The second-order valence-corrected chi connectivity index (χ2v) is 13.0. The zero-order valence-electron chi connectivity index (χ0n) is 27.0. The van der Waals surface area contributed by atoms with Crippen molar-refractivity contribution in [2.24, 2.45) is 0 Å². The van der Waals surface area contributed by atoms with Gasteiger partial charge in [0.15, 0.2) is 5.82 Å². The van der Waals surface area contributed by atoms with Gasteiger partial charge in [0, 0.05) is 17.8 Å². The van der Waals surface area contributed by atoms with Crippen LogP contribution in [0.3, 0.4) is 0 Å². The van der Waals surface area contributed by atoms with Crippen LogP contribution in [0.4, 0.5) is 33.6 Å². The first-order chi connectivity index (χ1) is 23.5. The van der Waals surface area contributed by atoms with Crippen LogP contribution in [0.15, 0.2) is 66.2 Å². The molecule has 0 aliphatic carbocycles. The summed E-state index contributed by atoms with van der Waals surface area (Å²) in [6.07, 6.45) is 3.53. The molecule has 4 aromatic rings. The van der Waals surface area contributed by atoms with E-state index in [4.69, 9.17) is 3.40 Å². The van der Waals surface area contributed by atoms with Crippen LogP contribution in [0.2, 0.25) is 0 Å². The maximum atomic E-state index is 16.1. The summed E-state index contributed by atoms with van der Waals surface area (Å²) in [5.41, 5.74) is -1.88. The van der Waals surface area contributed by atoms with E-state index < -0.39 is 44.0 Å². The van der Waals surface area contributed by atoms with Crippen LogP contribution in [-0.4, -0.2) is 48.8 Å². The monoisotopic (exact) mass is 926 g/mol. The van der Waals surface area contributed by atoms with Gasteiger partial charge in [0.2, 0.25) is 5.95 Å². The number of nitrogens with zero attached hydrogens (tertiary/aromatic N) is 3. The van der Waals surface area contributed by atoms with Crippen molar-refractivity contribution in [2.75, 3.05) is 29.4 Å². The molecular formula is C32H35F5N6O3S3W-2. The second-order valence-electron chi connectivity index (χ2n) is 10.3. The molecule has 50 heavy (non-hydrogen) atoms. The van der Waals surface area contributed by atoms with E-state index >= 15 is 4.39 Å². The predicted octanol–water partition coefficient (Wildman–Crippen LogP) is 7.53. The first kappa shape index (κ1) is 43.1. The molecule has 2 aromatic carbocycles. The number of sulfonamides is 1. The van der Waals surface area contributed by atoms with Crippen LogP contribution >= 0.6 is 11.3 Å². The summed E-state index contributed by atoms with van der Waals surface area (Å²) in [7, 11) is -5.22. The van der Waals surface area contributed by atoms with Gasteiger partial charge in [0.05, 0.1) is 32.5 Å². The van der Waals surface area contributed by atoms with Crippen LogP contribution in [0.1, 0.15) is 36.3 Å². The third-order valence-electron chi connectivity index (χ3n) is 7.07. The minimum atomic E-state index is -5.22. The van der Waals surface area contributed by atoms with E-state index in [2.05, 4.69) is 44.8 Å².